The topological polar surface area (TPSA) is 57.5 Å². The minimum Gasteiger partial charge on any atom is -0.369 e. The number of benzene rings is 1. The minimum atomic E-state index is 0. The third-order valence-corrected chi connectivity index (χ3v) is 5.52. The molecule has 3 rings (SSSR count). The molecule has 1 aromatic heterocycles. The molecular weight excluding hydrogens is 531 g/mol. The number of aromatic nitrogens is 2. The second-order valence-electron chi connectivity index (χ2n) is 6.93. The summed E-state index contributed by atoms with van der Waals surface area (Å²) >= 11 is 3.50. The van der Waals surface area contributed by atoms with Crippen LogP contribution < -0.4 is 15.5 Å². The monoisotopic (exact) mass is 560 g/mol. The first-order valence-corrected chi connectivity index (χ1v) is 10.4. The van der Waals surface area contributed by atoms with E-state index in [1.165, 1.54) is 5.69 Å². The lowest BCUT2D eigenvalue weighted by Crippen LogP contribution is -2.44. The quantitative estimate of drug-likeness (QED) is 0.234. The first-order valence-electron chi connectivity index (χ1n) is 9.61. The fourth-order valence-corrected chi connectivity index (χ4v) is 3.67. The van der Waals surface area contributed by atoms with E-state index in [0.717, 1.165) is 61.7 Å². The predicted molar refractivity (Wildman–Crippen MR) is 131 cm³/mol. The van der Waals surface area contributed by atoms with Crippen LogP contribution in [-0.4, -0.2) is 48.2 Å². The van der Waals surface area contributed by atoms with Crippen molar-refractivity contribution in [3.8, 4) is 0 Å². The standard InChI is InChI=1S/C20H29BrN6.HI/c1-16-23-11-14-26(16)12-4-3-10-24-20(22-2)25-18-9-13-27(15-18)19-7-5-17(21)6-8-19;/h5-8,11,14,18H,3-4,9-10,12-13,15H2,1-2H3,(H2,22,24,25);1H. The van der Waals surface area contributed by atoms with E-state index in [0.29, 0.717) is 6.04 Å². The van der Waals surface area contributed by atoms with Crippen molar-refractivity contribution in [3.05, 3.63) is 47.0 Å². The van der Waals surface area contributed by atoms with Gasteiger partial charge in [-0.15, -0.1) is 24.0 Å². The molecule has 0 aliphatic carbocycles. The van der Waals surface area contributed by atoms with Crippen molar-refractivity contribution in [2.45, 2.75) is 38.8 Å². The summed E-state index contributed by atoms with van der Waals surface area (Å²) in [5.41, 5.74) is 1.28. The van der Waals surface area contributed by atoms with Gasteiger partial charge in [-0.25, -0.2) is 4.98 Å². The van der Waals surface area contributed by atoms with Gasteiger partial charge in [0.2, 0.25) is 0 Å². The van der Waals surface area contributed by atoms with Crippen molar-refractivity contribution >= 4 is 51.6 Å². The average Bonchev–Trinajstić information content (AvgIpc) is 3.30. The van der Waals surface area contributed by atoms with E-state index >= 15 is 0 Å². The first kappa shape index (κ1) is 23.0. The lowest BCUT2D eigenvalue weighted by molar-refractivity contribution is 0.583. The van der Waals surface area contributed by atoms with Crippen LogP contribution >= 0.6 is 39.9 Å². The number of guanidine groups is 1. The van der Waals surface area contributed by atoms with Crippen LogP contribution in [0.25, 0.3) is 0 Å². The van der Waals surface area contributed by atoms with Gasteiger partial charge in [0.15, 0.2) is 5.96 Å². The van der Waals surface area contributed by atoms with E-state index in [2.05, 4.69) is 70.3 Å². The maximum Gasteiger partial charge on any atom is 0.191 e. The molecule has 8 heteroatoms. The van der Waals surface area contributed by atoms with Crippen LogP contribution in [0.3, 0.4) is 0 Å². The van der Waals surface area contributed by atoms with Crippen molar-refractivity contribution in [2.24, 2.45) is 4.99 Å². The summed E-state index contributed by atoms with van der Waals surface area (Å²) in [4.78, 5) is 11.1. The second kappa shape index (κ2) is 11.6. The number of nitrogens with one attached hydrogen (secondary N) is 2. The minimum absolute atomic E-state index is 0. The molecule has 1 fully saturated rings. The van der Waals surface area contributed by atoms with E-state index in [4.69, 9.17) is 0 Å². The van der Waals surface area contributed by atoms with Crippen LogP contribution in [0.15, 0.2) is 46.1 Å². The molecule has 2 aromatic rings. The number of imidazole rings is 1. The maximum atomic E-state index is 4.38. The zero-order chi connectivity index (χ0) is 19.1. The number of hydrogen-bond acceptors (Lipinski definition) is 3. The van der Waals surface area contributed by atoms with Gasteiger partial charge >= 0.3 is 0 Å². The van der Waals surface area contributed by atoms with E-state index in [1.54, 1.807) is 0 Å². The van der Waals surface area contributed by atoms with E-state index in [1.807, 2.05) is 26.4 Å². The number of hydrogen-bond donors (Lipinski definition) is 2. The lowest BCUT2D eigenvalue weighted by Gasteiger charge is -2.20. The molecule has 1 aliphatic heterocycles. The molecule has 1 aromatic carbocycles. The summed E-state index contributed by atoms with van der Waals surface area (Å²) in [6, 6.07) is 8.96. The molecule has 2 heterocycles. The van der Waals surface area contributed by atoms with Gasteiger partial charge in [-0.1, -0.05) is 15.9 Å². The number of anilines is 1. The van der Waals surface area contributed by atoms with Crippen LogP contribution in [0, 0.1) is 6.92 Å². The molecule has 0 amide bonds. The van der Waals surface area contributed by atoms with Gasteiger partial charge in [-0.2, -0.15) is 0 Å². The SMILES string of the molecule is CN=C(NCCCCn1ccnc1C)NC1CCN(c2ccc(Br)cc2)C1.I. The van der Waals surface area contributed by atoms with Crippen LogP contribution in [-0.2, 0) is 6.54 Å². The Morgan fingerprint density at radius 3 is 2.75 bits per heavy atom. The third-order valence-electron chi connectivity index (χ3n) is 4.99. The zero-order valence-electron chi connectivity index (χ0n) is 16.6. The van der Waals surface area contributed by atoms with Crippen molar-refractivity contribution in [1.29, 1.82) is 0 Å². The number of unbranched alkanes of at least 4 members (excludes halogenated alkanes) is 1. The Morgan fingerprint density at radius 2 is 2.07 bits per heavy atom. The fraction of sp³-hybridized carbons (Fsp3) is 0.500. The van der Waals surface area contributed by atoms with Gasteiger partial charge in [0.25, 0.3) is 0 Å². The Labute approximate surface area is 193 Å². The fourth-order valence-electron chi connectivity index (χ4n) is 3.41. The molecule has 6 nitrogen and oxygen atoms in total. The highest BCUT2D eigenvalue weighted by Crippen LogP contribution is 2.22. The van der Waals surface area contributed by atoms with E-state index < -0.39 is 0 Å². The van der Waals surface area contributed by atoms with Gasteiger partial charge in [-0.3, -0.25) is 4.99 Å². The molecule has 1 saturated heterocycles. The summed E-state index contributed by atoms with van der Waals surface area (Å²) in [6.45, 7) is 6.06. The van der Waals surface area contributed by atoms with Crippen LogP contribution in [0.5, 0.6) is 0 Å². The molecule has 1 unspecified atom stereocenters. The number of aliphatic imine (C=N–C) groups is 1. The van der Waals surface area contributed by atoms with Gasteiger partial charge in [0.05, 0.1) is 0 Å². The van der Waals surface area contributed by atoms with Crippen LogP contribution in [0.4, 0.5) is 5.69 Å². The summed E-state index contributed by atoms with van der Waals surface area (Å²) in [5.74, 6) is 1.98. The highest BCUT2D eigenvalue weighted by atomic mass is 127. The largest absolute Gasteiger partial charge is 0.369 e. The number of aryl methyl sites for hydroxylation is 2. The van der Waals surface area contributed by atoms with Crippen molar-refractivity contribution in [2.75, 3.05) is 31.6 Å². The highest BCUT2D eigenvalue weighted by molar-refractivity contribution is 14.0. The summed E-state index contributed by atoms with van der Waals surface area (Å²) in [5, 5.41) is 7.01. The van der Waals surface area contributed by atoms with Crippen molar-refractivity contribution in [3.63, 3.8) is 0 Å². The first-order chi connectivity index (χ1) is 13.2. The summed E-state index contributed by atoms with van der Waals surface area (Å²) < 4.78 is 3.32. The normalized spacial score (nSPS) is 16.8. The van der Waals surface area contributed by atoms with Crippen molar-refractivity contribution < 1.29 is 0 Å². The Hall–Kier alpha value is -1.29. The number of halogens is 2. The second-order valence-corrected chi connectivity index (χ2v) is 7.84. The Kier molecular flexibility index (Phi) is 9.57. The van der Waals surface area contributed by atoms with Crippen LogP contribution in [0.2, 0.25) is 0 Å². The molecule has 0 spiro atoms. The highest BCUT2D eigenvalue weighted by Gasteiger charge is 2.23. The predicted octanol–water partition coefficient (Wildman–Crippen LogP) is 3.80. The lowest BCUT2D eigenvalue weighted by atomic mass is 10.2. The molecule has 2 N–H and O–H groups in total. The summed E-state index contributed by atoms with van der Waals surface area (Å²) in [6.07, 6.45) is 7.26. The van der Waals surface area contributed by atoms with Crippen LogP contribution in [0.1, 0.15) is 25.1 Å². The van der Waals surface area contributed by atoms with E-state index in [9.17, 15) is 0 Å². The number of nitrogens with zero attached hydrogens (tertiary/aromatic N) is 4. The van der Waals surface area contributed by atoms with Gasteiger partial charge in [0, 0.05) is 61.8 Å². The van der Waals surface area contributed by atoms with Gasteiger partial charge in [-0.05, 0) is 50.5 Å². The van der Waals surface area contributed by atoms with Gasteiger partial charge < -0.3 is 20.1 Å². The Balaban J connectivity index is 0.00000280. The molecule has 154 valence electrons. The molecule has 0 radical (unpaired) electrons. The smallest absolute Gasteiger partial charge is 0.191 e. The third kappa shape index (κ3) is 6.65. The summed E-state index contributed by atoms with van der Waals surface area (Å²) in [7, 11) is 1.84. The van der Waals surface area contributed by atoms with Gasteiger partial charge in [0.1, 0.15) is 5.82 Å². The molecule has 28 heavy (non-hydrogen) atoms. The molecule has 0 saturated carbocycles. The molecular formula is C20H30BrIN6. The maximum absolute atomic E-state index is 4.38. The Morgan fingerprint density at radius 1 is 1.29 bits per heavy atom. The Bertz CT molecular complexity index is 745. The van der Waals surface area contributed by atoms with E-state index in [-0.39, 0.29) is 24.0 Å². The zero-order valence-corrected chi connectivity index (χ0v) is 20.5. The molecule has 1 aliphatic rings. The molecule has 0 bridgehead atoms. The molecule has 1 atom stereocenters. The van der Waals surface area contributed by atoms with Crippen molar-refractivity contribution in [1.82, 2.24) is 20.2 Å². The average molecular weight is 561 g/mol. The number of rotatable bonds is 7.